The summed E-state index contributed by atoms with van der Waals surface area (Å²) in [7, 11) is 0. The molecule has 11 heteroatoms. The highest BCUT2D eigenvalue weighted by Gasteiger charge is 2.60. The minimum Gasteiger partial charge on any atom is -0.393 e. The van der Waals surface area contributed by atoms with Crippen molar-refractivity contribution in [3.05, 3.63) is 12.7 Å². The lowest BCUT2D eigenvalue weighted by Gasteiger charge is -2.62. The molecule has 16 atom stereocenters. The van der Waals surface area contributed by atoms with Crippen LogP contribution >= 0.6 is 0 Å². The van der Waals surface area contributed by atoms with Gasteiger partial charge >= 0.3 is 0 Å². The van der Waals surface area contributed by atoms with Gasteiger partial charge < -0.3 is 54.7 Å². The molecule has 2 saturated carbocycles. The molecule has 0 aromatic heterocycles. The zero-order chi connectivity index (χ0) is 32.3. The highest BCUT2D eigenvalue weighted by molar-refractivity contribution is 5.10. The summed E-state index contributed by atoms with van der Waals surface area (Å²) in [6, 6.07) is 0. The molecule has 250 valence electrons. The summed E-state index contributed by atoms with van der Waals surface area (Å²) in [6.07, 6.45) is -7.70. The van der Waals surface area contributed by atoms with Gasteiger partial charge in [-0.05, 0) is 88.9 Å². The fourth-order valence-corrected chi connectivity index (χ4v) is 8.58. The molecule has 4 rings (SSSR count). The minimum absolute atomic E-state index is 0.0840. The summed E-state index contributed by atoms with van der Waals surface area (Å²) in [5.74, 6) is 0.152. The molecule has 2 saturated heterocycles. The Bertz CT molecular complexity index is 975. The van der Waals surface area contributed by atoms with Crippen LogP contribution in [0.5, 0.6) is 0 Å². The van der Waals surface area contributed by atoms with Gasteiger partial charge in [0.25, 0.3) is 0 Å². The summed E-state index contributed by atoms with van der Waals surface area (Å²) in [5, 5.41) is 75.0. The zero-order valence-corrected chi connectivity index (χ0v) is 26.8. The first kappa shape index (κ1) is 35.2. The fourth-order valence-electron chi connectivity index (χ4n) is 8.58. The van der Waals surface area contributed by atoms with Crippen LogP contribution < -0.4 is 0 Å². The molecule has 0 bridgehead atoms. The molecule has 0 aromatic rings. The lowest BCUT2D eigenvalue weighted by molar-refractivity contribution is -0.370. The first-order valence-electron chi connectivity index (χ1n) is 15.9. The third-order valence-corrected chi connectivity index (χ3v) is 11.6. The van der Waals surface area contributed by atoms with Gasteiger partial charge in [-0.25, -0.2) is 0 Å². The van der Waals surface area contributed by atoms with Crippen molar-refractivity contribution in [2.75, 3.05) is 0 Å². The third kappa shape index (κ3) is 6.47. The number of hydrogen-bond donors (Lipinski definition) is 7. The Morgan fingerprint density at radius 2 is 1.42 bits per heavy atom. The molecule has 0 spiro atoms. The molecule has 11 nitrogen and oxygen atoms in total. The van der Waals surface area contributed by atoms with Crippen molar-refractivity contribution < 1.29 is 54.7 Å². The van der Waals surface area contributed by atoms with Crippen molar-refractivity contribution in [2.24, 2.45) is 22.7 Å². The molecular weight excluding hydrogens is 560 g/mol. The highest BCUT2D eigenvalue weighted by atomic mass is 16.8. The van der Waals surface area contributed by atoms with E-state index in [4.69, 9.17) is 18.9 Å². The molecule has 0 radical (unpaired) electrons. The molecule has 0 aromatic carbocycles. The Balaban J connectivity index is 1.54. The maximum Gasteiger partial charge on any atom is 0.187 e. The largest absolute Gasteiger partial charge is 0.393 e. The topological polar surface area (TPSA) is 179 Å². The Hall–Kier alpha value is -0.700. The van der Waals surface area contributed by atoms with Crippen LogP contribution in [0.1, 0.15) is 87.0 Å². The maximum atomic E-state index is 11.7. The molecule has 0 amide bonds. The summed E-state index contributed by atoms with van der Waals surface area (Å²) >= 11 is 0. The lowest BCUT2D eigenvalue weighted by atomic mass is 9.44. The van der Waals surface area contributed by atoms with Crippen LogP contribution in [0.2, 0.25) is 0 Å². The first-order valence-corrected chi connectivity index (χ1v) is 15.9. The van der Waals surface area contributed by atoms with Gasteiger partial charge in [-0.1, -0.05) is 26.8 Å². The van der Waals surface area contributed by atoms with E-state index in [1.807, 2.05) is 13.8 Å². The van der Waals surface area contributed by atoms with Crippen molar-refractivity contribution in [1.29, 1.82) is 0 Å². The second-order valence-electron chi connectivity index (χ2n) is 15.0. The van der Waals surface area contributed by atoms with E-state index in [1.165, 1.54) is 6.92 Å². The van der Waals surface area contributed by atoms with Crippen LogP contribution in [0, 0.1) is 22.7 Å². The van der Waals surface area contributed by atoms with Gasteiger partial charge in [0.2, 0.25) is 0 Å². The van der Waals surface area contributed by atoms with E-state index in [9.17, 15) is 35.7 Å². The Labute approximate surface area is 255 Å². The van der Waals surface area contributed by atoms with E-state index in [1.54, 1.807) is 13.0 Å². The van der Waals surface area contributed by atoms with Gasteiger partial charge in [0.1, 0.15) is 36.6 Å². The quantitative estimate of drug-likeness (QED) is 0.196. The van der Waals surface area contributed by atoms with Crippen molar-refractivity contribution >= 4 is 0 Å². The standard InChI is InChI=1S/C32H56O11/c1-9-30(6,13-10-19-31(7)14-12-20(33)29(4,5)18(31)11-15-32(19,8)39)43-28-26(24(37)22(35)17(3)41-28)42-27-25(38)23(36)21(34)16(2)40-27/h9,16-28,33-39H,1,10-15H2,2-8H3. The van der Waals surface area contributed by atoms with Crippen LogP contribution in [-0.2, 0) is 18.9 Å². The zero-order valence-electron chi connectivity index (χ0n) is 26.8. The molecular formula is C32H56O11. The van der Waals surface area contributed by atoms with Crippen molar-refractivity contribution in [3.63, 3.8) is 0 Å². The van der Waals surface area contributed by atoms with Crippen molar-refractivity contribution in [1.82, 2.24) is 0 Å². The SMILES string of the molecule is C=CC(C)(CCC1C(C)(O)CCC2C(C)(C)C(O)CCC12C)OC1OC(C)C(O)C(O)C1OC1OC(C)C(O)C(O)C1O. The molecule has 4 fully saturated rings. The normalized spacial score (nSPS) is 51.7. The minimum atomic E-state index is -1.62. The maximum absolute atomic E-state index is 11.7. The molecule has 43 heavy (non-hydrogen) atoms. The second kappa shape index (κ2) is 12.5. The first-order chi connectivity index (χ1) is 19.8. The van der Waals surface area contributed by atoms with E-state index in [-0.39, 0.29) is 28.8 Å². The van der Waals surface area contributed by atoms with Crippen molar-refractivity contribution in [2.45, 2.75) is 166 Å². The van der Waals surface area contributed by atoms with Gasteiger partial charge in [-0.15, -0.1) is 6.58 Å². The van der Waals surface area contributed by atoms with E-state index < -0.39 is 72.6 Å². The van der Waals surface area contributed by atoms with E-state index in [2.05, 4.69) is 27.4 Å². The van der Waals surface area contributed by atoms with Gasteiger partial charge in [0.15, 0.2) is 12.6 Å². The van der Waals surface area contributed by atoms with Gasteiger partial charge in [0, 0.05) is 0 Å². The van der Waals surface area contributed by atoms with Crippen LogP contribution in [-0.4, -0.2) is 114 Å². The molecule has 4 aliphatic rings. The highest BCUT2D eigenvalue weighted by Crippen LogP contribution is 2.63. The number of ether oxygens (including phenoxy) is 4. The van der Waals surface area contributed by atoms with E-state index >= 15 is 0 Å². The average molecular weight is 617 g/mol. The lowest BCUT2D eigenvalue weighted by Crippen LogP contribution is -2.64. The third-order valence-electron chi connectivity index (χ3n) is 11.6. The van der Waals surface area contributed by atoms with Crippen LogP contribution in [0.4, 0.5) is 0 Å². The molecule has 16 unspecified atom stereocenters. The predicted octanol–water partition coefficient (Wildman–Crippen LogP) is 1.37. The monoisotopic (exact) mass is 616 g/mol. The summed E-state index contributed by atoms with van der Waals surface area (Å²) in [4.78, 5) is 0. The Morgan fingerprint density at radius 1 is 0.837 bits per heavy atom. The summed E-state index contributed by atoms with van der Waals surface area (Å²) < 4.78 is 23.9. The molecule has 2 aliphatic carbocycles. The van der Waals surface area contributed by atoms with E-state index in [0.717, 1.165) is 12.8 Å². The Kier molecular flexibility index (Phi) is 10.2. The second-order valence-corrected chi connectivity index (χ2v) is 15.0. The fraction of sp³-hybridized carbons (Fsp3) is 0.938. The number of aliphatic hydroxyl groups is 7. The van der Waals surface area contributed by atoms with Crippen LogP contribution in [0.15, 0.2) is 12.7 Å². The van der Waals surface area contributed by atoms with Crippen molar-refractivity contribution in [3.8, 4) is 0 Å². The predicted molar refractivity (Wildman–Crippen MR) is 156 cm³/mol. The van der Waals surface area contributed by atoms with Gasteiger partial charge in [0.05, 0.1) is 29.5 Å². The average Bonchev–Trinajstić information content (AvgIpc) is 2.92. The van der Waals surface area contributed by atoms with E-state index in [0.29, 0.717) is 25.7 Å². The smallest absolute Gasteiger partial charge is 0.187 e. The summed E-state index contributed by atoms with van der Waals surface area (Å²) in [6.45, 7) is 17.4. The van der Waals surface area contributed by atoms with Gasteiger partial charge in [-0.2, -0.15) is 0 Å². The van der Waals surface area contributed by atoms with Gasteiger partial charge in [-0.3, -0.25) is 0 Å². The molecule has 2 aliphatic heterocycles. The van der Waals surface area contributed by atoms with Crippen LogP contribution in [0.25, 0.3) is 0 Å². The number of hydrogen-bond acceptors (Lipinski definition) is 11. The molecule has 7 N–H and O–H groups in total. The van der Waals surface area contributed by atoms with Crippen LogP contribution in [0.3, 0.4) is 0 Å². The summed E-state index contributed by atoms with van der Waals surface area (Å²) in [5.41, 5.74) is -2.40. The number of aliphatic hydroxyl groups excluding tert-OH is 6. The number of rotatable bonds is 8. The Morgan fingerprint density at radius 3 is 2.02 bits per heavy atom. The molecule has 2 heterocycles. The number of fused-ring (bicyclic) bond motifs is 1.